The van der Waals surface area contributed by atoms with Gasteiger partial charge in [-0.05, 0) is 51.0 Å². The highest BCUT2D eigenvalue weighted by Crippen LogP contribution is 2.19. The van der Waals surface area contributed by atoms with Crippen molar-refractivity contribution in [3.63, 3.8) is 0 Å². The normalized spacial score (nSPS) is 16.4. The van der Waals surface area contributed by atoms with Crippen LogP contribution in [0, 0.1) is 0 Å². The first-order valence-corrected chi connectivity index (χ1v) is 10.8. The van der Waals surface area contributed by atoms with E-state index in [1.165, 1.54) is 25.0 Å². The summed E-state index contributed by atoms with van der Waals surface area (Å²) in [7, 11) is -3.46. The van der Waals surface area contributed by atoms with Gasteiger partial charge in [0.25, 0.3) is 0 Å². The second-order valence-electron chi connectivity index (χ2n) is 6.96. The third-order valence-corrected chi connectivity index (χ3v) is 6.10. The zero-order chi connectivity index (χ0) is 18.3. The van der Waals surface area contributed by atoms with Gasteiger partial charge in [0, 0.05) is 12.5 Å². The lowest BCUT2D eigenvalue weighted by atomic mass is 10.1. The van der Waals surface area contributed by atoms with Crippen LogP contribution in [-0.2, 0) is 14.6 Å². The molecule has 1 saturated carbocycles. The number of hydrogen-bond acceptors (Lipinski definition) is 4. The minimum absolute atomic E-state index is 0.00305. The first kappa shape index (κ1) is 19.8. The number of nitrogens with one attached hydrogen (secondary N) is 1. The molecular weight excluding hydrogens is 338 g/mol. The summed E-state index contributed by atoms with van der Waals surface area (Å²) in [6, 6.07) is 6.58. The van der Waals surface area contributed by atoms with Gasteiger partial charge in [0.1, 0.15) is 5.75 Å². The molecule has 1 aliphatic carbocycles. The van der Waals surface area contributed by atoms with Crippen LogP contribution >= 0.6 is 0 Å². The molecule has 0 aromatic heterocycles. The number of rotatable bonds is 7. The average molecular weight is 368 g/mol. The van der Waals surface area contributed by atoms with Crippen LogP contribution in [0.1, 0.15) is 58.8 Å². The molecule has 25 heavy (non-hydrogen) atoms. The van der Waals surface area contributed by atoms with Crippen molar-refractivity contribution < 1.29 is 17.9 Å². The Bertz CT molecular complexity index is 645. The third kappa shape index (κ3) is 6.69. The molecule has 1 N–H and O–H groups in total. The van der Waals surface area contributed by atoms with Gasteiger partial charge in [-0.25, -0.2) is 8.42 Å². The van der Waals surface area contributed by atoms with Crippen molar-refractivity contribution >= 4 is 15.7 Å². The van der Waals surface area contributed by atoms with Gasteiger partial charge in [-0.1, -0.05) is 25.7 Å². The Labute approximate surface area is 151 Å². The Morgan fingerprint density at radius 3 is 2.28 bits per heavy atom. The maximum atomic E-state index is 12.4. The highest BCUT2D eigenvalue weighted by molar-refractivity contribution is 7.91. The van der Waals surface area contributed by atoms with Crippen LogP contribution in [-0.4, -0.2) is 32.2 Å². The summed E-state index contributed by atoms with van der Waals surface area (Å²) in [4.78, 5) is 12.3. The molecule has 1 aliphatic rings. The van der Waals surface area contributed by atoms with Crippen molar-refractivity contribution in [3.05, 3.63) is 24.3 Å². The minimum atomic E-state index is -3.46. The maximum Gasteiger partial charge on any atom is 0.221 e. The summed E-state index contributed by atoms with van der Waals surface area (Å²) < 4.78 is 30.3. The fourth-order valence-corrected chi connectivity index (χ4v) is 4.31. The molecule has 0 radical (unpaired) electrons. The molecule has 0 saturated heterocycles. The highest BCUT2D eigenvalue weighted by atomic mass is 32.2. The van der Waals surface area contributed by atoms with Gasteiger partial charge in [0.05, 0.1) is 16.8 Å². The smallest absolute Gasteiger partial charge is 0.221 e. The molecule has 5 nitrogen and oxygen atoms in total. The van der Waals surface area contributed by atoms with Crippen LogP contribution in [0.15, 0.2) is 29.2 Å². The van der Waals surface area contributed by atoms with Gasteiger partial charge in [0.15, 0.2) is 9.84 Å². The molecule has 6 heteroatoms. The predicted molar refractivity (Wildman–Crippen MR) is 98.5 cm³/mol. The topological polar surface area (TPSA) is 72.5 Å². The number of carbonyl (C=O) groups is 1. The molecule has 1 aromatic carbocycles. The summed E-state index contributed by atoms with van der Waals surface area (Å²) in [6.07, 6.45) is 6.74. The van der Waals surface area contributed by atoms with Crippen LogP contribution in [0.3, 0.4) is 0 Å². The molecule has 0 unspecified atom stereocenters. The predicted octanol–water partition coefficient (Wildman–Crippen LogP) is 3.48. The largest absolute Gasteiger partial charge is 0.491 e. The van der Waals surface area contributed by atoms with E-state index < -0.39 is 9.84 Å². The Balaban J connectivity index is 1.86. The van der Waals surface area contributed by atoms with Crippen LogP contribution in [0.25, 0.3) is 0 Å². The van der Waals surface area contributed by atoms with E-state index in [-0.39, 0.29) is 35.1 Å². The van der Waals surface area contributed by atoms with Crippen molar-refractivity contribution in [1.29, 1.82) is 0 Å². The van der Waals surface area contributed by atoms with E-state index in [2.05, 4.69) is 5.32 Å². The van der Waals surface area contributed by atoms with E-state index in [0.29, 0.717) is 5.75 Å². The first-order valence-electron chi connectivity index (χ1n) is 9.15. The monoisotopic (exact) mass is 367 g/mol. The quantitative estimate of drug-likeness (QED) is 0.749. The van der Waals surface area contributed by atoms with Crippen LogP contribution < -0.4 is 10.1 Å². The first-order chi connectivity index (χ1) is 11.9. The number of amides is 1. The number of sulfone groups is 1. The summed E-state index contributed by atoms with van der Waals surface area (Å²) in [5, 5.41) is 2.99. The molecule has 0 bridgehead atoms. The Morgan fingerprint density at radius 2 is 1.72 bits per heavy atom. The van der Waals surface area contributed by atoms with E-state index in [4.69, 9.17) is 4.74 Å². The summed E-state index contributed by atoms with van der Waals surface area (Å²) in [5.41, 5.74) is 0. The Kier molecular flexibility index (Phi) is 7.29. The number of hydrogen-bond donors (Lipinski definition) is 1. The Hall–Kier alpha value is -1.56. The zero-order valence-corrected chi connectivity index (χ0v) is 16.0. The van der Waals surface area contributed by atoms with Gasteiger partial charge >= 0.3 is 0 Å². The third-order valence-electron chi connectivity index (χ3n) is 4.37. The van der Waals surface area contributed by atoms with Gasteiger partial charge in [0.2, 0.25) is 5.91 Å². The molecule has 0 atom stereocenters. The number of ether oxygens (including phenoxy) is 1. The van der Waals surface area contributed by atoms with Gasteiger partial charge < -0.3 is 10.1 Å². The van der Waals surface area contributed by atoms with Crippen molar-refractivity contribution in [2.24, 2.45) is 0 Å². The summed E-state index contributed by atoms with van der Waals surface area (Å²) in [5.74, 6) is 0.297. The minimum Gasteiger partial charge on any atom is -0.491 e. The number of carbonyl (C=O) groups excluding carboxylic acids is 1. The van der Waals surface area contributed by atoms with Crippen molar-refractivity contribution in [1.82, 2.24) is 5.32 Å². The lowest BCUT2D eigenvalue weighted by molar-refractivity contribution is -0.121. The zero-order valence-electron chi connectivity index (χ0n) is 15.2. The molecule has 140 valence electrons. The molecule has 1 aromatic rings. The van der Waals surface area contributed by atoms with Crippen LogP contribution in [0.2, 0.25) is 0 Å². The lowest BCUT2D eigenvalue weighted by Gasteiger charge is -2.16. The van der Waals surface area contributed by atoms with E-state index in [0.717, 1.165) is 25.7 Å². The standard InChI is InChI=1S/C19H29NO4S/c1-15(2)24-17-9-11-18(12-10-17)25(22,23)14-13-19(21)20-16-7-5-3-4-6-8-16/h9-12,15-16H,3-8,13-14H2,1-2H3,(H,20,21). The molecule has 2 rings (SSSR count). The Morgan fingerprint density at radius 1 is 1.12 bits per heavy atom. The van der Waals surface area contributed by atoms with E-state index in [1.54, 1.807) is 12.1 Å². The molecular formula is C19H29NO4S. The molecule has 0 heterocycles. The SMILES string of the molecule is CC(C)Oc1ccc(S(=O)(=O)CCC(=O)NC2CCCCCC2)cc1. The highest BCUT2D eigenvalue weighted by Gasteiger charge is 2.19. The van der Waals surface area contributed by atoms with Gasteiger partial charge in [-0.15, -0.1) is 0 Å². The fourth-order valence-electron chi connectivity index (χ4n) is 3.07. The van der Waals surface area contributed by atoms with Crippen molar-refractivity contribution in [2.45, 2.75) is 75.8 Å². The fraction of sp³-hybridized carbons (Fsp3) is 0.632. The summed E-state index contributed by atoms with van der Waals surface area (Å²) >= 11 is 0. The lowest BCUT2D eigenvalue weighted by Crippen LogP contribution is -2.35. The summed E-state index contributed by atoms with van der Waals surface area (Å²) in [6.45, 7) is 3.83. The van der Waals surface area contributed by atoms with E-state index in [9.17, 15) is 13.2 Å². The van der Waals surface area contributed by atoms with Gasteiger partial charge in [-0.2, -0.15) is 0 Å². The van der Waals surface area contributed by atoms with Crippen molar-refractivity contribution in [2.75, 3.05) is 5.75 Å². The molecule has 1 amide bonds. The van der Waals surface area contributed by atoms with E-state index in [1.807, 2.05) is 13.8 Å². The maximum absolute atomic E-state index is 12.4. The second kappa shape index (κ2) is 9.22. The second-order valence-corrected chi connectivity index (χ2v) is 9.07. The molecule has 0 aliphatic heterocycles. The van der Waals surface area contributed by atoms with Crippen LogP contribution in [0.4, 0.5) is 0 Å². The molecule has 1 fully saturated rings. The van der Waals surface area contributed by atoms with E-state index >= 15 is 0 Å². The average Bonchev–Trinajstić information content (AvgIpc) is 2.82. The van der Waals surface area contributed by atoms with Crippen molar-refractivity contribution in [3.8, 4) is 5.75 Å². The van der Waals surface area contributed by atoms with Crippen LogP contribution in [0.5, 0.6) is 5.75 Å². The molecule has 0 spiro atoms. The van der Waals surface area contributed by atoms with Gasteiger partial charge in [-0.3, -0.25) is 4.79 Å². The number of benzene rings is 1.